The summed E-state index contributed by atoms with van der Waals surface area (Å²) in [6, 6.07) is 26.6. The summed E-state index contributed by atoms with van der Waals surface area (Å²) in [7, 11) is -0.678. The van der Waals surface area contributed by atoms with E-state index in [0.717, 1.165) is 33.8 Å². The van der Waals surface area contributed by atoms with Gasteiger partial charge in [0.1, 0.15) is 17.2 Å². The van der Waals surface area contributed by atoms with Gasteiger partial charge >= 0.3 is 0 Å². The van der Waals surface area contributed by atoms with Crippen LogP contribution >= 0.6 is 0 Å². The van der Waals surface area contributed by atoms with Crippen molar-refractivity contribution in [2.24, 2.45) is 0 Å². The average Bonchev–Trinajstić information content (AvgIpc) is 3.37. The SMILES string of the molecule is CNC(=O)c1c(-c2ccc(F)cc2)oc2cc(N(C)S(C)(=O)=O)c(-c3cccc(-c4cc5ccccc5cn4)c3)cc12. The quantitative estimate of drug-likeness (QED) is 0.232. The summed E-state index contributed by atoms with van der Waals surface area (Å²) < 4.78 is 46.5. The summed E-state index contributed by atoms with van der Waals surface area (Å²) in [5, 5.41) is 5.23. The van der Waals surface area contributed by atoms with Crippen LogP contribution in [-0.4, -0.2) is 39.7 Å². The second-order valence-electron chi connectivity index (χ2n) is 9.99. The Morgan fingerprint density at radius 3 is 2.31 bits per heavy atom. The normalized spacial score (nSPS) is 11.6. The Kier molecular flexibility index (Phi) is 6.74. The number of carbonyl (C=O) groups excluding carboxylic acids is 1. The van der Waals surface area contributed by atoms with Gasteiger partial charge in [-0.3, -0.25) is 14.1 Å². The van der Waals surface area contributed by atoms with Gasteiger partial charge in [-0.15, -0.1) is 0 Å². The molecule has 0 fully saturated rings. The molecule has 0 saturated carbocycles. The van der Waals surface area contributed by atoms with Crippen molar-refractivity contribution < 1.29 is 22.0 Å². The van der Waals surface area contributed by atoms with E-state index in [0.29, 0.717) is 27.8 Å². The molecule has 0 saturated heterocycles. The molecule has 7 nitrogen and oxygen atoms in total. The van der Waals surface area contributed by atoms with Gasteiger partial charge in [-0.2, -0.15) is 0 Å². The van der Waals surface area contributed by atoms with Crippen LogP contribution in [0.4, 0.5) is 10.1 Å². The number of hydrogen-bond acceptors (Lipinski definition) is 5. The van der Waals surface area contributed by atoms with E-state index in [4.69, 9.17) is 4.42 Å². The number of aromatic nitrogens is 1. The predicted octanol–water partition coefficient (Wildman–Crippen LogP) is 6.88. The van der Waals surface area contributed by atoms with Gasteiger partial charge in [0.05, 0.1) is 23.2 Å². The lowest BCUT2D eigenvalue weighted by Crippen LogP contribution is -2.25. The fraction of sp³-hybridized carbons (Fsp3) is 0.0909. The van der Waals surface area contributed by atoms with Crippen molar-refractivity contribution in [3.05, 3.63) is 109 Å². The smallest absolute Gasteiger partial charge is 0.255 e. The zero-order valence-corrected chi connectivity index (χ0v) is 23.9. The second kappa shape index (κ2) is 10.4. The fourth-order valence-corrected chi connectivity index (χ4v) is 5.55. The van der Waals surface area contributed by atoms with Crippen LogP contribution in [0.25, 0.3) is 55.4 Å². The number of pyridine rings is 1. The maximum absolute atomic E-state index is 13.7. The largest absolute Gasteiger partial charge is 0.455 e. The first-order chi connectivity index (χ1) is 20.1. The number of sulfonamides is 1. The molecule has 1 amide bonds. The molecule has 0 radical (unpaired) electrons. The van der Waals surface area contributed by atoms with Gasteiger partial charge < -0.3 is 9.73 Å². The van der Waals surface area contributed by atoms with Crippen molar-refractivity contribution in [1.29, 1.82) is 0 Å². The van der Waals surface area contributed by atoms with E-state index in [1.54, 1.807) is 12.1 Å². The zero-order chi connectivity index (χ0) is 29.6. The standard InChI is InChI=1S/C33H26FN3O4S/c1-35-33(38)31-27-17-26(22-9-6-10-23(15-22)28-16-21-7-4-5-8-24(21)19-36-28)29(37(2)42(3,39)40)18-30(27)41-32(31)20-11-13-25(34)14-12-20/h4-19H,1-3H3,(H,35,38). The van der Waals surface area contributed by atoms with Crippen molar-refractivity contribution in [3.63, 3.8) is 0 Å². The fourth-order valence-electron chi connectivity index (χ4n) is 5.05. The van der Waals surface area contributed by atoms with Crippen molar-refractivity contribution in [2.45, 2.75) is 0 Å². The van der Waals surface area contributed by atoms with E-state index in [1.807, 2.05) is 60.8 Å². The maximum Gasteiger partial charge on any atom is 0.255 e. The molecule has 0 unspecified atom stereocenters. The molecule has 1 N–H and O–H groups in total. The predicted molar refractivity (Wildman–Crippen MR) is 164 cm³/mol. The Bertz CT molecular complexity index is 2100. The lowest BCUT2D eigenvalue weighted by atomic mass is 9.96. The molecule has 9 heteroatoms. The Hall–Kier alpha value is -5.02. The van der Waals surface area contributed by atoms with Gasteiger partial charge in [-0.1, -0.05) is 42.5 Å². The highest BCUT2D eigenvalue weighted by atomic mass is 32.2. The van der Waals surface area contributed by atoms with E-state index >= 15 is 0 Å². The highest BCUT2D eigenvalue weighted by molar-refractivity contribution is 7.92. The van der Waals surface area contributed by atoms with Crippen LogP contribution < -0.4 is 9.62 Å². The first-order valence-electron chi connectivity index (χ1n) is 13.1. The number of carbonyl (C=O) groups is 1. The molecule has 0 spiro atoms. The van der Waals surface area contributed by atoms with Crippen LogP contribution in [0.2, 0.25) is 0 Å². The Balaban J connectivity index is 1.60. The highest BCUT2D eigenvalue weighted by Crippen LogP contribution is 2.42. The molecule has 2 aromatic heterocycles. The van der Waals surface area contributed by atoms with Gasteiger partial charge in [-0.25, -0.2) is 12.8 Å². The van der Waals surface area contributed by atoms with Crippen molar-refractivity contribution in [1.82, 2.24) is 10.3 Å². The average molecular weight is 580 g/mol. The number of nitrogens with zero attached hydrogens (tertiary/aromatic N) is 2. The van der Waals surface area contributed by atoms with Crippen LogP contribution in [0, 0.1) is 5.82 Å². The van der Waals surface area contributed by atoms with Crippen molar-refractivity contribution in [3.8, 4) is 33.7 Å². The molecule has 210 valence electrons. The van der Waals surface area contributed by atoms with Crippen molar-refractivity contribution in [2.75, 3.05) is 24.7 Å². The van der Waals surface area contributed by atoms with E-state index in [1.165, 1.54) is 42.7 Å². The van der Waals surface area contributed by atoms with Gasteiger partial charge in [0, 0.05) is 53.8 Å². The lowest BCUT2D eigenvalue weighted by Gasteiger charge is -2.21. The molecular weight excluding hydrogens is 553 g/mol. The molecule has 0 aliphatic rings. The van der Waals surface area contributed by atoms with E-state index in [-0.39, 0.29) is 11.3 Å². The topological polar surface area (TPSA) is 92.5 Å². The number of benzene rings is 4. The lowest BCUT2D eigenvalue weighted by molar-refractivity contribution is 0.0964. The molecule has 6 rings (SSSR count). The summed E-state index contributed by atoms with van der Waals surface area (Å²) in [4.78, 5) is 17.8. The summed E-state index contributed by atoms with van der Waals surface area (Å²) in [5.41, 5.74) is 4.37. The van der Waals surface area contributed by atoms with Crippen molar-refractivity contribution >= 4 is 43.4 Å². The van der Waals surface area contributed by atoms with Gasteiger partial charge in [0.2, 0.25) is 10.0 Å². The number of amides is 1. The van der Waals surface area contributed by atoms with E-state index in [9.17, 15) is 17.6 Å². The number of fused-ring (bicyclic) bond motifs is 2. The first-order valence-corrected chi connectivity index (χ1v) is 15.0. The minimum atomic E-state index is -3.66. The molecule has 0 atom stereocenters. The van der Waals surface area contributed by atoms with Gasteiger partial charge in [0.15, 0.2) is 0 Å². The molecule has 42 heavy (non-hydrogen) atoms. The minimum absolute atomic E-state index is 0.253. The van der Waals surface area contributed by atoms with E-state index in [2.05, 4.69) is 10.3 Å². The van der Waals surface area contributed by atoms with Crippen LogP contribution in [0.1, 0.15) is 10.4 Å². The number of nitrogens with one attached hydrogen (secondary N) is 1. The molecular formula is C33H26FN3O4S. The van der Waals surface area contributed by atoms with Crippen LogP contribution in [0.15, 0.2) is 102 Å². The van der Waals surface area contributed by atoms with Crippen LogP contribution in [0.3, 0.4) is 0 Å². The van der Waals surface area contributed by atoms with Crippen LogP contribution in [-0.2, 0) is 10.0 Å². The third kappa shape index (κ3) is 4.88. The summed E-state index contributed by atoms with van der Waals surface area (Å²) in [5.74, 6) is -0.558. The monoisotopic (exact) mass is 579 g/mol. The molecule has 0 bridgehead atoms. The van der Waals surface area contributed by atoms with Gasteiger partial charge in [-0.05, 0) is 53.4 Å². The third-order valence-corrected chi connectivity index (χ3v) is 8.50. The number of furan rings is 1. The maximum atomic E-state index is 13.7. The molecule has 0 aliphatic heterocycles. The molecule has 6 aromatic rings. The Labute approximate surface area is 242 Å². The number of halogens is 1. The molecule has 2 heterocycles. The van der Waals surface area contributed by atoms with Crippen LogP contribution in [0.5, 0.6) is 0 Å². The van der Waals surface area contributed by atoms with Gasteiger partial charge in [0.25, 0.3) is 5.91 Å². The summed E-state index contributed by atoms with van der Waals surface area (Å²) >= 11 is 0. The Morgan fingerprint density at radius 2 is 1.60 bits per heavy atom. The summed E-state index contributed by atoms with van der Waals surface area (Å²) in [6.45, 7) is 0. The number of rotatable bonds is 6. The zero-order valence-electron chi connectivity index (χ0n) is 23.1. The second-order valence-corrected chi connectivity index (χ2v) is 12.0. The molecule has 4 aromatic carbocycles. The number of hydrogen-bond donors (Lipinski definition) is 1. The number of anilines is 1. The van der Waals surface area contributed by atoms with E-state index < -0.39 is 21.7 Å². The minimum Gasteiger partial charge on any atom is -0.455 e. The highest BCUT2D eigenvalue weighted by Gasteiger charge is 2.26. The first kappa shape index (κ1) is 27.2. The molecule has 0 aliphatic carbocycles. The Morgan fingerprint density at radius 1 is 0.881 bits per heavy atom. The third-order valence-electron chi connectivity index (χ3n) is 7.30. The summed E-state index contributed by atoms with van der Waals surface area (Å²) in [6.07, 6.45) is 2.95.